The maximum atomic E-state index is 10.3. The first kappa shape index (κ1) is 37.1. The minimum Gasteiger partial charge on any atom is -0.388 e. The number of allylic oxidation sites excluding steroid dienone is 1. The van der Waals surface area contributed by atoms with Crippen LogP contribution in [0.3, 0.4) is 0 Å². The number of aliphatic hydroxyl groups is 3. The van der Waals surface area contributed by atoms with Crippen LogP contribution in [0.1, 0.15) is 137 Å². The van der Waals surface area contributed by atoms with Gasteiger partial charge in [-0.1, -0.05) is 84.8 Å². The summed E-state index contributed by atoms with van der Waals surface area (Å²) in [7, 11) is 0. The molecule has 266 valence electrons. The lowest BCUT2D eigenvalue weighted by molar-refractivity contribution is -0.202. The Morgan fingerprint density at radius 3 is 2.41 bits per heavy atom. The molecule has 14 atom stereocenters. The molecule has 0 amide bonds. The van der Waals surface area contributed by atoms with Gasteiger partial charge in [0.25, 0.3) is 0 Å². The molecule has 46 heavy (non-hydrogen) atoms. The molecule has 0 radical (unpaired) electrons. The van der Waals surface area contributed by atoms with Gasteiger partial charge in [0.15, 0.2) is 0 Å². The Morgan fingerprint density at radius 2 is 1.65 bits per heavy atom. The molecule has 0 bridgehead atoms. The van der Waals surface area contributed by atoms with E-state index in [2.05, 4.69) is 53.3 Å². The van der Waals surface area contributed by atoms with Crippen molar-refractivity contribution < 1.29 is 24.8 Å². The van der Waals surface area contributed by atoms with Crippen LogP contribution in [0.4, 0.5) is 0 Å². The van der Waals surface area contributed by atoms with Crippen molar-refractivity contribution in [3.63, 3.8) is 0 Å². The summed E-state index contributed by atoms with van der Waals surface area (Å²) in [6.45, 7) is 13.5. The highest BCUT2D eigenvalue weighted by Gasteiger charge is 2.59. The van der Waals surface area contributed by atoms with E-state index in [1.54, 1.807) is 5.57 Å². The second-order valence-electron chi connectivity index (χ2n) is 17.4. The maximum absolute atomic E-state index is 10.3. The van der Waals surface area contributed by atoms with E-state index < -0.39 is 35.9 Å². The van der Waals surface area contributed by atoms with Gasteiger partial charge >= 0.3 is 0 Å². The minimum absolute atomic E-state index is 0.363. The smallest absolute Gasteiger partial charge is 0.129 e. The van der Waals surface area contributed by atoms with Gasteiger partial charge in [-0.05, 0) is 111 Å². The monoisotopic (exact) mass is 663 g/mol. The lowest BCUT2D eigenvalue weighted by Gasteiger charge is -2.58. The molecule has 5 aliphatic rings. The van der Waals surface area contributed by atoms with E-state index in [1.807, 2.05) is 0 Å². The number of hydrogen-bond donors (Lipinski definition) is 5. The molecule has 5 rings (SSSR count). The Hall–Kier alpha value is -0.150. The van der Waals surface area contributed by atoms with Crippen LogP contribution in [0.2, 0.25) is 0 Å². The first-order valence-electron chi connectivity index (χ1n) is 19.3. The molecule has 4 unspecified atom stereocenters. The number of thiol groups is 1. The van der Waals surface area contributed by atoms with Crippen molar-refractivity contribution in [2.45, 2.75) is 179 Å². The summed E-state index contributed by atoms with van der Waals surface area (Å²) in [4.78, 5) is 0. The highest BCUT2D eigenvalue weighted by atomic mass is 32.1. The number of rotatable bonds is 14. The third kappa shape index (κ3) is 7.76. The zero-order valence-corrected chi connectivity index (χ0v) is 30.7. The summed E-state index contributed by atoms with van der Waals surface area (Å²) in [5.74, 6) is 5.29. The molecule has 7 heteroatoms. The Labute approximate surface area is 286 Å². The number of hydrogen-bond acceptors (Lipinski definition) is 7. The number of fused-ring (bicyclic) bond motifs is 5. The first-order chi connectivity index (χ1) is 21.9. The third-order valence-electron chi connectivity index (χ3n) is 14.1. The van der Waals surface area contributed by atoms with Crippen molar-refractivity contribution in [3.05, 3.63) is 11.6 Å². The van der Waals surface area contributed by atoms with Crippen LogP contribution >= 0.6 is 12.6 Å². The van der Waals surface area contributed by atoms with Gasteiger partial charge in [0.05, 0.1) is 6.10 Å². The van der Waals surface area contributed by atoms with Gasteiger partial charge in [0.2, 0.25) is 0 Å². The van der Waals surface area contributed by atoms with Crippen molar-refractivity contribution in [1.82, 2.24) is 0 Å². The molecule has 1 heterocycles. The van der Waals surface area contributed by atoms with E-state index in [4.69, 9.17) is 15.2 Å². The van der Waals surface area contributed by atoms with Crippen LogP contribution in [0.25, 0.3) is 0 Å². The normalized spacial score (nSPS) is 43.8. The zero-order valence-electron chi connectivity index (χ0n) is 29.8. The average Bonchev–Trinajstić information content (AvgIpc) is 3.38. The fraction of sp³-hybridized carbons (Fsp3) is 0.949. The van der Waals surface area contributed by atoms with Crippen molar-refractivity contribution in [2.24, 2.45) is 52.1 Å². The Morgan fingerprint density at radius 1 is 0.891 bits per heavy atom. The van der Waals surface area contributed by atoms with Crippen LogP contribution in [0.5, 0.6) is 0 Å². The van der Waals surface area contributed by atoms with E-state index in [0.29, 0.717) is 23.4 Å². The van der Waals surface area contributed by atoms with Gasteiger partial charge in [0, 0.05) is 12.6 Å². The van der Waals surface area contributed by atoms with Gasteiger partial charge in [-0.15, -0.1) is 12.6 Å². The highest BCUT2D eigenvalue weighted by Crippen LogP contribution is 2.67. The predicted molar refractivity (Wildman–Crippen MR) is 190 cm³/mol. The summed E-state index contributed by atoms with van der Waals surface area (Å²) in [5.41, 5.74) is 8.09. The Kier molecular flexibility index (Phi) is 12.8. The largest absolute Gasteiger partial charge is 0.388 e. The van der Waals surface area contributed by atoms with Crippen molar-refractivity contribution in [1.29, 1.82) is 0 Å². The topological polar surface area (TPSA) is 105 Å². The third-order valence-corrected chi connectivity index (χ3v) is 14.5. The van der Waals surface area contributed by atoms with Crippen molar-refractivity contribution in [2.75, 3.05) is 6.61 Å². The number of nitrogens with two attached hydrogens (primary N) is 1. The summed E-state index contributed by atoms with van der Waals surface area (Å²) >= 11 is 4.17. The van der Waals surface area contributed by atoms with Crippen LogP contribution < -0.4 is 5.73 Å². The number of ether oxygens (including phenoxy) is 2. The molecule has 0 spiro atoms. The average molecular weight is 664 g/mol. The molecule has 4 aliphatic carbocycles. The summed E-state index contributed by atoms with van der Waals surface area (Å²) in [6.07, 6.45) is 18.4. The molecule has 4 fully saturated rings. The van der Waals surface area contributed by atoms with Crippen LogP contribution in [-0.4, -0.2) is 63.9 Å². The van der Waals surface area contributed by atoms with Crippen molar-refractivity contribution >= 4 is 12.6 Å². The predicted octanol–water partition coefficient (Wildman–Crippen LogP) is 7.43. The van der Waals surface area contributed by atoms with E-state index in [-0.39, 0.29) is 0 Å². The minimum atomic E-state index is -1.29. The molecule has 3 saturated carbocycles. The SMILES string of the molecule is CC(C)CCC[C@@H](C)[C@H]1CCC2C3CC=C4C[C@H](OCCCCCCC(N)[C@H]5O[C@H](S)[C@H](O)[C@@H](O)[C@H]5O)CC[C@]4(C)C3CC[C@@]21C. The summed E-state index contributed by atoms with van der Waals surface area (Å²) < 4.78 is 12.1. The summed E-state index contributed by atoms with van der Waals surface area (Å²) in [5, 5.41) is 30.2. The number of aliphatic hydroxyl groups excluding tert-OH is 3. The summed E-state index contributed by atoms with van der Waals surface area (Å²) in [6, 6.07) is -0.404. The van der Waals surface area contributed by atoms with Gasteiger partial charge in [0.1, 0.15) is 29.9 Å². The van der Waals surface area contributed by atoms with E-state index in [9.17, 15) is 15.3 Å². The maximum Gasteiger partial charge on any atom is 0.129 e. The molecular formula is C39H69NO5S. The Balaban J connectivity index is 1.03. The molecule has 5 N–H and O–H groups in total. The van der Waals surface area contributed by atoms with Gasteiger partial charge in [-0.25, -0.2) is 0 Å². The standard InChI is InChI=1S/C39H69NO5S/c1-24(2)11-10-12-25(3)29-16-17-30-28-15-14-26-23-27(18-20-38(26,4)31(28)19-21-39(29,30)5)44-22-9-7-6-8-13-32(40)36-34(42)33(41)35(43)37(46)45-36/h14,24-25,27-37,41-43,46H,6-13,15-23,40H2,1-5H3/t25-,27-,28?,29-,30?,31?,32?,33+,34-,35-,36-,37-,38+,39-/m1/s1. The molecule has 1 aliphatic heterocycles. The lowest BCUT2D eigenvalue weighted by atomic mass is 9.47. The molecule has 0 aromatic heterocycles. The van der Waals surface area contributed by atoms with E-state index >= 15 is 0 Å². The highest BCUT2D eigenvalue weighted by molar-refractivity contribution is 7.80. The number of unbranched alkanes of at least 4 members (excludes halogenated alkanes) is 3. The van der Waals surface area contributed by atoms with E-state index in [0.717, 1.165) is 74.2 Å². The van der Waals surface area contributed by atoms with Gasteiger partial charge in [-0.3, -0.25) is 0 Å². The molecule has 0 aromatic carbocycles. The lowest BCUT2D eigenvalue weighted by Crippen LogP contribution is -2.60. The van der Waals surface area contributed by atoms with Crippen molar-refractivity contribution in [3.8, 4) is 0 Å². The fourth-order valence-corrected chi connectivity index (χ4v) is 11.6. The molecule has 6 nitrogen and oxygen atoms in total. The van der Waals surface area contributed by atoms with Crippen LogP contribution in [0, 0.1) is 46.3 Å². The second-order valence-corrected chi connectivity index (χ2v) is 17.9. The van der Waals surface area contributed by atoms with Crippen LogP contribution in [0.15, 0.2) is 11.6 Å². The van der Waals surface area contributed by atoms with Gasteiger partial charge in [-0.2, -0.15) is 0 Å². The zero-order chi connectivity index (χ0) is 33.2. The van der Waals surface area contributed by atoms with Crippen LogP contribution in [-0.2, 0) is 9.47 Å². The molecular weight excluding hydrogens is 594 g/mol. The molecule has 1 saturated heterocycles. The first-order valence-corrected chi connectivity index (χ1v) is 19.8. The molecule has 0 aromatic rings. The van der Waals surface area contributed by atoms with E-state index in [1.165, 1.54) is 64.2 Å². The quantitative estimate of drug-likeness (QED) is 0.0753. The van der Waals surface area contributed by atoms with Gasteiger partial charge < -0.3 is 30.5 Å². The Bertz CT molecular complexity index is 1010. The second kappa shape index (κ2) is 15.8. The fourth-order valence-electron chi connectivity index (χ4n) is 11.3.